The summed E-state index contributed by atoms with van der Waals surface area (Å²) in [6.45, 7) is 4.55. The van der Waals surface area contributed by atoms with E-state index in [4.69, 9.17) is 0 Å². The Bertz CT molecular complexity index is 575. The van der Waals surface area contributed by atoms with Gasteiger partial charge in [-0.1, -0.05) is 100 Å². The predicted molar refractivity (Wildman–Crippen MR) is 105 cm³/mol. The molecule has 0 N–H and O–H groups in total. The van der Waals surface area contributed by atoms with E-state index in [9.17, 15) is 0 Å². The first-order valence-electron chi connectivity index (χ1n) is 10.3. The van der Waals surface area contributed by atoms with Gasteiger partial charge in [-0.25, -0.2) is 0 Å². The highest BCUT2D eigenvalue weighted by Gasteiger charge is 2.53. The van der Waals surface area contributed by atoms with Crippen molar-refractivity contribution >= 4 is 0 Å². The van der Waals surface area contributed by atoms with Gasteiger partial charge in [-0.15, -0.1) is 0 Å². The van der Waals surface area contributed by atoms with Crippen LogP contribution in [0.5, 0.6) is 0 Å². The summed E-state index contributed by atoms with van der Waals surface area (Å²) in [6.07, 6.45) is 20.8. The molecular formula is C24H34. The Hall–Kier alpha value is -1.30. The van der Waals surface area contributed by atoms with Gasteiger partial charge in [0, 0.05) is 5.41 Å². The summed E-state index contributed by atoms with van der Waals surface area (Å²) in [5, 5.41) is 0. The van der Waals surface area contributed by atoms with Crippen LogP contribution in [0.4, 0.5) is 0 Å². The molecule has 0 aliphatic heterocycles. The van der Waals surface area contributed by atoms with E-state index in [0.29, 0.717) is 5.41 Å². The lowest BCUT2D eigenvalue weighted by atomic mass is 9.87. The third-order valence-corrected chi connectivity index (χ3v) is 5.92. The molecule has 130 valence electrons. The van der Waals surface area contributed by atoms with Gasteiger partial charge < -0.3 is 0 Å². The van der Waals surface area contributed by atoms with Crippen LogP contribution in [0.15, 0.2) is 48.1 Å². The zero-order chi connectivity index (χ0) is 16.8. The van der Waals surface area contributed by atoms with Crippen molar-refractivity contribution in [1.29, 1.82) is 0 Å². The topological polar surface area (TPSA) is 0 Å². The maximum Gasteiger partial charge on any atom is 0.0204 e. The molecule has 0 amide bonds. The second-order valence-electron chi connectivity index (χ2n) is 7.89. The molecule has 0 bridgehead atoms. The van der Waals surface area contributed by atoms with E-state index in [1.54, 1.807) is 5.57 Å². The van der Waals surface area contributed by atoms with Gasteiger partial charge in [0.2, 0.25) is 0 Å². The zero-order valence-corrected chi connectivity index (χ0v) is 15.7. The number of hydrogen-bond acceptors (Lipinski definition) is 0. The smallest absolute Gasteiger partial charge is 0.0204 e. The van der Waals surface area contributed by atoms with Crippen molar-refractivity contribution in [3.8, 4) is 0 Å². The van der Waals surface area contributed by atoms with E-state index in [1.165, 1.54) is 75.3 Å². The van der Waals surface area contributed by atoms with Gasteiger partial charge in [-0.05, 0) is 42.7 Å². The van der Waals surface area contributed by atoms with Crippen molar-refractivity contribution in [2.24, 2.45) is 5.92 Å². The van der Waals surface area contributed by atoms with Gasteiger partial charge >= 0.3 is 0 Å². The summed E-state index contributed by atoms with van der Waals surface area (Å²) in [7, 11) is 0. The second-order valence-corrected chi connectivity index (χ2v) is 7.89. The Kier molecular flexibility index (Phi) is 5.98. The minimum Gasteiger partial charge on any atom is -0.0770 e. The lowest BCUT2D eigenvalue weighted by Crippen LogP contribution is -2.09. The summed E-state index contributed by atoms with van der Waals surface area (Å²) < 4.78 is 0. The SMILES string of the molecule is CCCCCCCCc1ccc(C23C=CC(CCC)=CC2C3)cc1. The van der Waals surface area contributed by atoms with E-state index >= 15 is 0 Å². The molecule has 0 radical (unpaired) electrons. The molecule has 24 heavy (non-hydrogen) atoms. The summed E-state index contributed by atoms with van der Waals surface area (Å²) in [6, 6.07) is 9.56. The molecule has 0 heteroatoms. The largest absolute Gasteiger partial charge is 0.0770 e. The van der Waals surface area contributed by atoms with E-state index < -0.39 is 0 Å². The average molecular weight is 323 g/mol. The van der Waals surface area contributed by atoms with Gasteiger partial charge in [0.1, 0.15) is 0 Å². The maximum atomic E-state index is 2.54. The monoisotopic (exact) mass is 322 g/mol. The van der Waals surface area contributed by atoms with Crippen LogP contribution in [0.3, 0.4) is 0 Å². The Morgan fingerprint density at radius 3 is 2.33 bits per heavy atom. The van der Waals surface area contributed by atoms with Crippen LogP contribution >= 0.6 is 0 Å². The minimum absolute atomic E-state index is 0.343. The highest BCUT2D eigenvalue weighted by atomic mass is 14.6. The molecule has 0 saturated heterocycles. The van der Waals surface area contributed by atoms with Gasteiger partial charge in [0.25, 0.3) is 0 Å². The van der Waals surface area contributed by atoms with E-state index in [2.05, 4.69) is 56.3 Å². The third kappa shape index (κ3) is 4.02. The minimum atomic E-state index is 0.343. The molecule has 1 aromatic rings. The van der Waals surface area contributed by atoms with Crippen molar-refractivity contribution in [2.75, 3.05) is 0 Å². The standard InChI is InChI=1S/C24H34/c1-3-5-6-7-8-9-11-20-12-14-22(15-13-20)24-17-16-21(10-4-2)18-23(24)19-24/h12-18,23H,3-11,19H2,1-2H3. The molecule has 0 aromatic heterocycles. The number of allylic oxidation sites excluding steroid dienone is 4. The molecule has 3 rings (SSSR count). The van der Waals surface area contributed by atoms with Crippen molar-refractivity contribution < 1.29 is 0 Å². The van der Waals surface area contributed by atoms with Crippen LogP contribution in [0.25, 0.3) is 0 Å². The normalized spacial score (nSPS) is 24.6. The lowest BCUT2D eigenvalue weighted by Gasteiger charge is -2.17. The molecule has 2 aliphatic carbocycles. The summed E-state index contributed by atoms with van der Waals surface area (Å²) in [5.74, 6) is 0.758. The zero-order valence-electron chi connectivity index (χ0n) is 15.7. The predicted octanol–water partition coefficient (Wildman–Crippen LogP) is 7.14. The first-order chi connectivity index (χ1) is 11.8. The fourth-order valence-corrected chi connectivity index (χ4v) is 4.25. The van der Waals surface area contributed by atoms with Crippen LogP contribution in [0, 0.1) is 5.92 Å². The molecule has 0 nitrogen and oxygen atoms in total. The van der Waals surface area contributed by atoms with Gasteiger partial charge in [0.15, 0.2) is 0 Å². The van der Waals surface area contributed by atoms with Crippen molar-refractivity contribution in [3.63, 3.8) is 0 Å². The second kappa shape index (κ2) is 8.19. The number of benzene rings is 1. The van der Waals surface area contributed by atoms with Crippen LogP contribution in [-0.4, -0.2) is 0 Å². The van der Waals surface area contributed by atoms with Crippen LogP contribution in [-0.2, 0) is 11.8 Å². The molecule has 0 spiro atoms. The lowest BCUT2D eigenvalue weighted by molar-refractivity contribution is 0.607. The van der Waals surface area contributed by atoms with E-state index in [1.807, 2.05) is 0 Å². The number of rotatable bonds is 10. The Morgan fingerprint density at radius 1 is 0.875 bits per heavy atom. The Balaban J connectivity index is 1.49. The van der Waals surface area contributed by atoms with Crippen LogP contribution in [0.1, 0.15) is 82.8 Å². The van der Waals surface area contributed by atoms with Gasteiger partial charge in [-0.2, -0.15) is 0 Å². The molecule has 1 fully saturated rings. The van der Waals surface area contributed by atoms with Gasteiger partial charge in [-0.3, -0.25) is 0 Å². The van der Waals surface area contributed by atoms with E-state index in [0.717, 1.165) is 5.92 Å². The third-order valence-electron chi connectivity index (χ3n) is 5.92. The van der Waals surface area contributed by atoms with E-state index in [-0.39, 0.29) is 0 Å². The summed E-state index contributed by atoms with van der Waals surface area (Å²) >= 11 is 0. The molecular weight excluding hydrogens is 288 g/mol. The average Bonchev–Trinajstić information content (AvgIpc) is 3.34. The fourth-order valence-electron chi connectivity index (χ4n) is 4.25. The summed E-state index contributed by atoms with van der Waals surface area (Å²) in [4.78, 5) is 0. The first kappa shape index (κ1) is 17.5. The maximum absolute atomic E-state index is 2.54. The fraction of sp³-hybridized carbons (Fsp3) is 0.583. The number of hydrogen-bond donors (Lipinski definition) is 0. The number of unbranched alkanes of at least 4 members (excludes halogenated alkanes) is 5. The van der Waals surface area contributed by atoms with Crippen molar-refractivity contribution in [1.82, 2.24) is 0 Å². The first-order valence-corrected chi connectivity index (χ1v) is 10.3. The van der Waals surface area contributed by atoms with Crippen LogP contribution < -0.4 is 0 Å². The highest BCUT2D eigenvalue weighted by Crippen LogP contribution is 2.58. The molecule has 1 aromatic carbocycles. The van der Waals surface area contributed by atoms with Crippen LogP contribution in [0.2, 0.25) is 0 Å². The van der Waals surface area contributed by atoms with Gasteiger partial charge in [0.05, 0.1) is 0 Å². The molecule has 2 unspecified atom stereocenters. The number of aryl methyl sites for hydroxylation is 1. The Labute approximate surface area is 149 Å². The summed E-state index contributed by atoms with van der Waals surface area (Å²) in [5.41, 5.74) is 4.94. The molecule has 0 heterocycles. The molecule has 2 atom stereocenters. The Morgan fingerprint density at radius 2 is 1.62 bits per heavy atom. The molecule has 1 saturated carbocycles. The van der Waals surface area contributed by atoms with Crippen molar-refractivity contribution in [2.45, 2.75) is 83.5 Å². The number of fused-ring (bicyclic) bond motifs is 1. The molecule has 2 aliphatic rings. The quantitative estimate of drug-likeness (QED) is 0.401. The highest BCUT2D eigenvalue weighted by molar-refractivity contribution is 5.48. The van der Waals surface area contributed by atoms with Crippen molar-refractivity contribution in [3.05, 3.63) is 59.2 Å².